The van der Waals surface area contributed by atoms with Crippen LogP contribution in [0.2, 0.25) is 0 Å². The van der Waals surface area contributed by atoms with Crippen LogP contribution >= 0.6 is 11.3 Å². The molecule has 0 bridgehead atoms. The maximum absolute atomic E-state index is 12.0. The van der Waals surface area contributed by atoms with Gasteiger partial charge < -0.3 is 19.9 Å². The molecule has 0 aliphatic carbocycles. The Kier molecular flexibility index (Phi) is 4.75. The highest BCUT2D eigenvalue weighted by atomic mass is 32.1. The van der Waals surface area contributed by atoms with Crippen LogP contribution in [0.1, 0.15) is 15.2 Å². The van der Waals surface area contributed by atoms with Crippen LogP contribution in [-0.2, 0) is 11.3 Å². The summed E-state index contributed by atoms with van der Waals surface area (Å²) in [5, 5.41) is 1.56. The molecule has 0 radical (unpaired) electrons. The van der Waals surface area contributed by atoms with Crippen molar-refractivity contribution in [2.75, 3.05) is 20.0 Å². The molecule has 7 heteroatoms. The van der Waals surface area contributed by atoms with E-state index in [4.69, 9.17) is 19.9 Å². The van der Waals surface area contributed by atoms with E-state index in [2.05, 4.69) is 4.98 Å². The Hall–Kier alpha value is -3.32. The number of hydrogen-bond acceptors (Lipinski definition) is 7. The van der Waals surface area contributed by atoms with Gasteiger partial charge in [-0.1, -0.05) is 30.3 Å². The highest BCUT2D eigenvalue weighted by Gasteiger charge is 2.20. The molecule has 0 spiro atoms. The number of hydrogen-bond donors (Lipinski definition) is 1. The van der Waals surface area contributed by atoms with E-state index < -0.39 is 5.97 Å². The number of nitrogens with zero attached hydrogens (tertiary/aromatic N) is 1. The molecule has 6 nitrogen and oxygen atoms in total. The number of benzene rings is 2. The minimum Gasteiger partial charge on any atom is -0.493 e. The van der Waals surface area contributed by atoms with E-state index in [-0.39, 0.29) is 0 Å². The van der Waals surface area contributed by atoms with Crippen LogP contribution in [0.15, 0.2) is 48.7 Å². The van der Waals surface area contributed by atoms with Gasteiger partial charge in [0.05, 0.1) is 25.4 Å². The smallest absolute Gasteiger partial charge is 0.350 e. The van der Waals surface area contributed by atoms with Gasteiger partial charge in [-0.15, -0.1) is 11.3 Å². The monoisotopic (exact) mass is 394 g/mol. The number of esters is 1. The minimum absolute atomic E-state index is 0.371. The van der Waals surface area contributed by atoms with Crippen LogP contribution in [0.5, 0.6) is 11.5 Å². The first-order chi connectivity index (χ1) is 13.6. The van der Waals surface area contributed by atoms with Crippen molar-refractivity contribution < 1.29 is 19.0 Å². The predicted octanol–water partition coefficient (Wildman–Crippen LogP) is 4.41. The Morgan fingerprint density at radius 3 is 2.61 bits per heavy atom. The third kappa shape index (κ3) is 3.10. The van der Waals surface area contributed by atoms with Gasteiger partial charge in [0.1, 0.15) is 11.5 Å². The van der Waals surface area contributed by atoms with Gasteiger partial charge in [-0.2, -0.15) is 0 Å². The lowest BCUT2D eigenvalue weighted by Crippen LogP contribution is -2.01. The summed E-state index contributed by atoms with van der Waals surface area (Å²) in [7, 11) is 2.93. The minimum atomic E-state index is -0.457. The number of pyridine rings is 1. The van der Waals surface area contributed by atoms with E-state index in [9.17, 15) is 4.79 Å². The fraction of sp³-hybridized carbons (Fsp3) is 0.143. The third-order valence-electron chi connectivity index (χ3n) is 4.45. The van der Waals surface area contributed by atoms with Crippen molar-refractivity contribution in [2.24, 2.45) is 0 Å². The van der Waals surface area contributed by atoms with Crippen molar-refractivity contribution in [2.45, 2.75) is 6.61 Å². The van der Waals surface area contributed by atoms with Crippen LogP contribution in [-0.4, -0.2) is 25.2 Å². The normalized spacial score (nSPS) is 10.9. The summed E-state index contributed by atoms with van der Waals surface area (Å²) in [6, 6.07) is 13.6. The molecule has 4 aromatic rings. The molecule has 4 rings (SSSR count). The molecular weight excluding hydrogens is 376 g/mol. The molecular formula is C21H18N2O4S. The number of nitrogen functional groups attached to an aromatic ring is 1. The van der Waals surface area contributed by atoms with Crippen LogP contribution in [0.25, 0.3) is 21.0 Å². The first-order valence-electron chi connectivity index (χ1n) is 8.56. The zero-order valence-corrected chi connectivity index (χ0v) is 16.2. The van der Waals surface area contributed by atoms with E-state index in [1.165, 1.54) is 18.4 Å². The first kappa shape index (κ1) is 18.1. The molecule has 0 fully saturated rings. The van der Waals surface area contributed by atoms with E-state index >= 15 is 0 Å². The van der Waals surface area contributed by atoms with Crippen molar-refractivity contribution in [1.82, 2.24) is 4.98 Å². The van der Waals surface area contributed by atoms with Gasteiger partial charge in [0.2, 0.25) is 0 Å². The second kappa shape index (κ2) is 7.36. The average Bonchev–Trinajstić information content (AvgIpc) is 3.08. The Morgan fingerprint density at radius 2 is 1.89 bits per heavy atom. The number of carbonyl (C=O) groups is 1. The van der Waals surface area contributed by atoms with Crippen molar-refractivity contribution >= 4 is 44.0 Å². The number of thiophene rings is 1. The number of fused-ring (bicyclic) bond motifs is 3. The van der Waals surface area contributed by atoms with Gasteiger partial charge in [-0.3, -0.25) is 4.98 Å². The van der Waals surface area contributed by atoms with Crippen LogP contribution in [0.3, 0.4) is 0 Å². The van der Waals surface area contributed by atoms with Crippen LogP contribution in [0.4, 0.5) is 5.69 Å². The number of aromatic nitrogens is 1. The molecule has 0 unspecified atom stereocenters. The van der Waals surface area contributed by atoms with E-state index in [0.29, 0.717) is 28.7 Å². The van der Waals surface area contributed by atoms with Crippen LogP contribution in [0, 0.1) is 0 Å². The number of nitrogens with two attached hydrogens (primary N) is 1. The SMILES string of the molecule is COC(=O)c1sc2c(cnc3cc(OCc4ccccc4)c(OC)cc32)c1N. The maximum atomic E-state index is 12.0. The Labute approximate surface area is 165 Å². The van der Waals surface area contributed by atoms with Gasteiger partial charge in [0.25, 0.3) is 0 Å². The molecule has 0 aliphatic rings. The molecule has 2 aromatic carbocycles. The van der Waals surface area contributed by atoms with Crippen molar-refractivity contribution in [1.29, 1.82) is 0 Å². The number of methoxy groups -OCH3 is 2. The van der Waals surface area contributed by atoms with Crippen LogP contribution < -0.4 is 15.2 Å². The number of carbonyl (C=O) groups excluding carboxylic acids is 1. The van der Waals surface area contributed by atoms with E-state index in [1.807, 2.05) is 42.5 Å². The Bertz CT molecular complexity index is 1170. The fourth-order valence-electron chi connectivity index (χ4n) is 3.01. The van der Waals surface area contributed by atoms with Crippen molar-refractivity contribution in [3.05, 3.63) is 59.1 Å². The Balaban J connectivity index is 1.80. The average molecular weight is 394 g/mol. The summed E-state index contributed by atoms with van der Waals surface area (Å²) in [5.41, 5.74) is 8.30. The largest absolute Gasteiger partial charge is 0.493 e. The molecule has 28 heavy (non-hydrogen) atoms. The van der Waals surface area contributed by atoms with E-state index in [1.54, 1.807) is 13.3 Å². The lowest BCUT2D eigenvalue weighted by Gasteiger charge is -2.12. The zero-order chi connectivity index (χ0) is 19.7. The molecule has 2 aromatic heterocycles. The lowest BCUT2D eigenvalue weighted by atomic mass is 10.1. The summed E-state index contributed by atoms with van der Waals surface area (Å²) < 4.78 is 17.2. The summed E-state index contributed by atoms with van der Waals surface area (Å²) in [6.45, 7) is 0.420. The first-order valence-corrected chi connectivity index (χ1v) is 9.37. The third-order valence-corrected chi connectivity index (χ3v) is 5.69. The molecule has 0 aliphatic heterocycles. The van der Waals surface area contributed by atoms with Gasteiger partial charge in [-0.25, -0.2) is 4.79 Å². The second-order valence-corrected chi connectivity index (χ2v) is 7.15. The molecule has 2 heterocycles. The fourth-order valence-corrected chi connectivity index (χ4v) is 4.15. The summed E-state index contributed by atoms with van der Waals surface area (Å²) in [6.07, 6.45) is 1.67. The molecule has 2 N–H and O–H groups in total. The second-order valence-electron chi connectivity index (χ2n) is 6.13. The summed E-state index contributed by atoms with van der Waals surface area (Å²) >= 11 is 1.29. The molecule has 142 valence electrons. The molecule has 0 amide bonds. The number of ether oxygens (including phenoxy) is 3. The zero-order valence-electron chi connectivity index (χ0n) is 15.4. The topological polar surface area (TPSA) is 83.7 Å². The van der Waals surface area contributed by atoms with Gasteiger partial charge in [0, 0.05) is 27.7 Å². The Morgan fingerprint density at radius 1 is 1.11 bits per heavy atom. The number of anilines is 1. The molecule has 0 saturated carbocycles. The van der Waals surface area contributed by atoms with Crippen molar-refractivity contribution in [3.8, 4) is 11.5 Å². The molecule has 0 atom stereocenters. The standard InChI is InChI=1S/C21H18N2O4S/c1-25-16-8-13-15(9-17(16)27-11-12-6-4-3-5-7-12)23-10-14-18(22)20(21(24)26-2)28-19(13)14/h3-10H,11,22H2,1-2H3. The van der Waals surface area contributed by atoms with Gasteiger partial charge in [0.15, 0.2) is 11.5 Å². The lowest BCUT2D eigenvalue weighted by molar-refractivity contribution is 0.0607. The summed E-state index contributed by atoms with van der Waals surface area (Å²) in [4.78, 5) is 16.8. The maximum Gasteiger partial charge on any atom is 0.350 e. The summed E-state index contributed by atoms with van der Waals surface area (Å²) in [5.74, 6) is 0.731. The molecule has 0 saturated heterocycles. The highest BCUT2D eigenvalue weighted by Crippen LogP contribution is 2.41. The number of rotatable bonds is 5. The highest BCUT2D eigenvalue weighted by molar-refractivity contribution is 7.22. The quantitative estimate of drug-likeness (QED) is 0.505. The van der Waals surface area contributed by atoms with E-state index in [0.717, 1.165) is 26.6 Å². The van der Waals surface area contributed by atoms with Gasteiger partial charge >= 0.3 is 5.97 Å². The predicted molar refractivity (Wildman–Crippen MR) is 110 cm³/mol. The van der Waals surface area contributed by atoms with Gasteiger partial charge in [-0.05, 0) is 11.6 Å². The van der Waals surface area contributed by atoms with Crippen molar-refractivity contribution in [3.63, 3.8) is 0 Å².